The molecule has 1 aliphatic rings. The summed E-state index contributed by atoms with van der Waals surface area (Å²) in [4.78, 5) is 25.0. The van der Waals surface area contributed by atoms with Crippen LogP contribution in [0, 0.1) is 6.08 Å². The molecule has 0 unspecified atom stereocenters. The lowest BCUT2D eigenvalue weighted by atomic mass is 10.0. The summed E-state index contributed by atoms with van der Waals surface area (Å²) in [5.41, 5.74) is 5.49. The number of carbonyl (C=O) groups excluding carboxylic acids is 1. The summed E-state index contributed by atoms with van der Waals surface area (Å²) in [5, 5.41) is 14.0. The molecule has 276 valence electrons. The molecule has 1 aliphatic heterocycles. The van der Waals surface area contributed by atoms with E-state index in [2.05, 4.69) is 27.0 Å². The lowest BCUT2D eigenvalue weighted by Crippen LogP contribution is -2.43. The zero-order valence-electron chi connectivity index (χ0n) is 29.2. The second-order valence-corrected chi connectivity index (χ2v) is 14.7. The maximum atomic E-state index is 14.6. The minimum absolute atomic E-state index is 0.0514. The highest BCUT2D eigenvalue weighted by Gasteiger charge is 2.48. The second kappa shape index (κ2) is 18.0. The Morgan fingerprint density at radius 2 is 1.75 bits per heavy atom. The van der Waals surface area contributed by atoms with Crippen molar-refractivity contribution in [2.24, 2.45) is 0 Å². The van der Waals surface area contributed by atoms with Gasteiger partial charge in [-0.05, 0) is 37.5 Å². The summed E-state index contributed by atoms with van der Waals surface area (Å²) in [7, 11) is -4.35. The van der Waals surface area contributed by atoms with Crippen LogP contribution in [-0.2, 0) is 29.8 Å². The van der Waals surface area contributed by atoms with Gasteiger partial charge in [0.25, 0.3) is 0 Å². The van der Waals surface area contributed by atoms with Crippen molar-refractivity contribution < 1.29 is 37.4 Å². The number of aliphatic hydroxyl groups is 1. The van der Waals surface area contributed by atoms with Crippen LogP contribution in [-0.4, -0.2) is 61.6 Å². The Hall–Kier alpha value is -3.94. The number of benzene rings is 2. The summed E-state index contributed by atoms with van der Waals surface area (Å²) in [6, 6.07) is 16.6. The van der Waals surface area contributed by atoms with Crippen LogP contribution in [0.5, 0.6) is 5.75 Å². The molecule has 3 heterocycles. The van der Waals surface area contributed by atoms with Crippen LogP contribution in [0.25, 0.3) is 11.2 Å². The number of nitrogens with two attached hydrogens (primary N) is 1. The van der Waals surface area contributed by atoms with Gasteiger partial charge in [0, 0.05) is 6.42 Å². The first kappa shape index (κ1) is 38.3. The minimum atomic E-state index is -4.35. The smallest absolute Gasteiger partial charge is 0.459 e. The number of imidazole rings is 1. The zero-order valence-corrected chi connectivity index (χ0v) is 30.1. The third-order valence-corrected chi connectivity index (χ3v) is 10.4. The van der Waals surface area contributed by atoms with Crippen LogP contribution >= 0.6 is 7.75 Å². The molecule has 5 rings (SSSR count). The fourth-order valence-electron chi connectivity index (χ4n) is 5.95. The molecule has 0 bridgehead atoms. The van der Waals surface area contributed by atoms with E-state index in [1.807, 2.05) is 30.3 Å². The van der Waals surface area contributed by atoms with E-state index in [9.17, 15) is 18.9 Å². The molecule has 5 atom stereocenters. The lowest BCUT2D eigenvalue weighted by molar-refractivity contribution is -0.146. The molecule has 0 radical (unpaired) electrons. The lowest BCUT2D eigenvalue weighted by Gasteiger charge is -2.31. The van der Waals surface area contributed by atoms with E-state index in [0.29, 0.717) is 0 Å². The molecule has 51 heavy (non-hydrogen) atoms. The average Bonchev–Trinajstić information content (AvgIpc) is 3.67. The molecule has 13 nitrogen and oxygen atoms in total. The molecule has 4 N–H and O–H groups in total. The molecule has 2 aromatic heterocycles. The van der Waals surface area contributed by atoms with E-state index >= 15 is 0 Å². The van der Waals surface area contributed by atoms with Gasteiger partial charge in [-0.3, -0.25) is 13.9 Å². The number of hydrogen-bond acceptors (Lipinski definition) is 11. The quantitative estimate of drug-likeness (QED) is 0.0383. The molecule has 1 fully saturated rings. The number of halogens is 1. The molecule has 0 spiro atoms. The van der Waals surface area contributed by atoms with Crippen molar-refractivity contribution in [1.82, 2.24) is 24.6 Å². The van der Waals surface area contributed by atoms with Gasteiger partial charge in [-0.15, -0.1) is 0 Å². The van der Waals surface area contributed by atoms with Gasteiger partial charge in [0.05, 0.1) is 25.6 Å². The molecule has 4 aromatic rings. The number of hydrogen-bond donors (Lipinski definition) is 3. The number of nitrogen functional groups attached to an aromatic ring is 1. The van der Waals surface area contributed by atoms with Crippen molar-refractivity contribution in [2.45, 2.75) is 102 Å². The van der Waals surface area contributed by atoms with Crippen molar-refractivity contribution in [3.05, 3.63) is 78.6 Å². The Balaban J connectivity index is 1.29. The number of ether oxygens (including phenoxy) is 2. The number of aliphatic hydroxyl groups excluding tert-OH is 1. The summed E-state index contributed by atoms with van der Waals surface area (Å²) >= 11 is 0. The number of fused-ring (bicyclic) bond motifs is 1. The second-order valence-electron chi connectivity index (χ2n) is 13.0. The maximum absolute atomic E-state index is 14.6. The first-order valence-electron chi connectivity index (χ1n) is 17.6. The SMILES string of the molecule is CCCCCCCCCCOC(=O)[C@H](Cc1ccccc1)N[P@](=O)(OC[C@@]1(C)O[C@@H](n2cnc3c(N)nc(F)nc32)C[C@@H]1O)Oc1ccccc1. The molecule has 2 aromatic carbocycles. The van der Waals surface area contributed by atoms with E-state index in [-0.39, 0.29) is 42.2 Å². The highest BCUT2D eigenvalue weighted by Crippen LogP contribution is 2.48. The van der Waals surface area contributed by atoms with Gasteiger partial charge in [-0.25, -0.2) is 9.55 Å². The van der Waals surface area contributed by atoms with Gasteiger partial charge >= 0.3 is 19.8 Å². The predicted molar refractivity (Wildman–Crippen MR) is 190 cm³/mol. The maximum Gasteiger partial charge on any atom is 0.459 e. The summed E-state index contributed by atoms with van der Waals surface area (Å²) in [6.45, 7) is 3.60. The van der Waals surface area contributed by atoms with Crippen molar-refractivity contribution >= 4 is 30.7 Å². The number of nitrogens with zero attached hydrogens (tertiary/aromatic N) is 4. The standard InChI is InChI=1S/C36H48FN6O7P/c1-3-4-5-6-7-8-9-16-21-47-34(45)28(22-26-17-12-10-13-18-26)42-51(46,50-27-19-14-11-15-20-27)48-24-36(2)29(44)23-30(49-36)43-25-39-31-32(38)40-35(37)41-33(31)43/h10-15,17-20,25,28-30,44H,3-9,16,21-24H2,1-2H3,(H,42,46)(H2,38,40,41)/t28-,29-,30+,36+,51-/m0/s1. The van der Waals surface area contributed by atoms with E-state index < -0.39 is 50.4 Å². The Morgan fingerprint density at radius 3 is 2.45 bits per heavy atom. The van der Waals surface area contributed by atoms with Crippen LogP contribution in [0.3, 0.4) is 0 Å². The number of para-hydroxylation sites is 1. The zero-order chi connectivity index (χ0) is 36.3. The summed E-state index contributed by atoms with van der Waals surface area (Å²) in [5.74, 6) is -0.488. The first-order chi connectivity index (χ1) is 24.6. The third-order valence-electron chi connectivity index (χ3n) is 8.88. The van der Waals surface area contributed by atoms with Crippen molar-refractivity contribution in [3.63, 3.8) is 0 Å². The molecule has 1 saturated heterocycles. The van der Waals surface area contributed by atoms with Crippen LogP contribution in [0.4, 0.5) is 10.2 Å². The third kappa shape index (κ3) is 10.6. The monoisotopic (exact) mass is 726 g/mol. The van der Waals surface area contributed by atoms with E-state index in [1.165, 1.54) is 36.6 Å². The van der Waals surface area contributed by atoms with Gasteiger partial charge in [0.15, 0.2) is 17.0 Å². The average molecular weight is 727 g/mol. The Kier molecular flexibility index (Phi) is 13.5. The van der Waals surface area contributed by atoms with E-state index in [0.717, 1.165) is 31.2 Å². The summed E-state index contributed by atoms with van der Waals surface area (Å²) < 4.78 is 53.9. The van der Waals surface area contributed by atoms with Crippen LogP contribution in [0.15, 0.2) is 67.0 Å². The molecule has 0 aliphatic carbocycles. The van der Waals surface area contributed by atoms with Gasteiger partial charge in [0.2, 0.25) is 0 Å². The summed E-state index contributed by atoms with van der Waals surface area (Å²) in [6.07, 6.45) is 7.38. The number of aromatic nitrogens is 4. The minimum Gasteiger partial charge on any atom is -0.465 e. The van der Waals surface area contributed by atoms with E-state index in [1.54, 1.807) is 37.3 Å². The van der Waals surface area contributed by atoms with Gasteiger partial charge < -0.3 is 24.8 Å². The predicted octanol–water partition coefficient (Wildman–Crippen LogP) is 6.67. The van der Waals surface area contributed by atoms with Gasteiger partial charge in [-0.2, -0.15) is 19.4 Å². The highest BCUT2D eigenvalue weighted by molar-refractivity contribution is 7.52. The first-order valence-corrected chi connectivity index (χ1v) is 19.1. The number of rotatable bonds is 20. The largest absolute Gasteiger partial charge is 0.465 e. The van der Waals surface area contributed by atoms with Crippen molar-refractivity contribution in [3.8, 4) is 5.75 Å². The van der Waals surface area contributed by atoms with Crippen LogP contribution in [0.1, 0.15) is 83.4 Å². The van der Waals surface area contributed by atoms with Crippen LogP contribution < -0.4 is 15.3 Å². The molecule has 0 amide bonds. The Bertz CT molecular complexity index is 1750. The van der Waals surface area contributed by atoms with Gasteiger partial charge in [0.1, 0.15) is 23.6 Å². The van der Waals surface area contributed by atoms with Crippen molar-refractivity contribution in [2.75, 3.05) is 18.9 Å². The van der Waals surface area contributed by atoms with E-state index in [4.69, 9.17) is 24.3 Å². The number of unbranched alkanes of at least 4 members (excludes halogenated alkanes) is 7. The molecular weight excluding hydrogens is 678 g/mol. The van der Waals surface area contributed by atoms with Crippen LogP contribution in [0.2, 0.25) is 0 Å². The molecular formula is C36H48FN6O7P. The van der Waals surface area contributed by atoms with Crippen molar-refractivity contribution in [1.29, 1.82) is 0 Å². The number of carbonyl (C=O) groups is 1. The number of anilines is 1. The highest BCUT2D eigenvalue weighted by atomic mass is 31.2. The fraction of sp³-hybridized carbons (Fsp3) is 0.500. The topological polar surface area (TPSA) is 173 Å². The number of nitrogens with one attached hydrogen (secondary N) is 1. The van der Waals surface area contributed by atoms with Gasteiger partial charge in [-0.1, -0.05) is 100 Å². The normalized spacial score (nSPS) is 20.6. The Labute approximate surface area is 297 Å². The Morgan fingerprint density at radius 1 is 1.08 bits per heavy atom. The molecule has 0 saturated carbocycles. The number of esters is 1. The fourth-order valence-corrected chi connectivity index (χ4v) is 7.54. The molecule has 15 heteroatoms.